The molecular formula is C19H22N2O5S2. The molecule has 1 aliphatic heterocycles. The maximum absolute atomic E-state index is 12.7. The van der Waals surface area contributed by atoms with Crippen LogP contribution in [0.15, 0.2) is 29.2 Å². The lowest BCUT2D eigenvalue weighted by atomic mass is 10.1. The second-order valence-corrected chi connectivity index (χ2v) is 7.96. The molecule has 2 rings (SSSR count). The highest BCUT2D eigenvalue weighted by molar-refractivity contribution is 8.26. The topological polar surface area (TPSA) is 107 Å². The Morgan fingerprint density at radius 3 is 2.68 bits per heavy atom. The zero-order chi connectivity index (χ0) is 20.7. The summed E-state index contributed by atoms with van der Waals surface area (Å²) in [5.41, 5.74) is 0.501. The van der Waals surface area contributed by atoms with E-state index in [0.717, 1.165) is 11.8 Å². The van der Waals surface area contributed by atoms with Crippen LogP contribution < -0.4 is 5.32 Å². The van der Waals surface area contributed by atoms with Gasteiger partial charge in [0, 0.05) is 18.5 Å². The molecule has 0 bridgehead atoms. The third-order valence-electron chi connectivity index (χ3n) is 4.18. The number of hydrogen-bond acceptors (Lipinski definition) is 6. The molecular weight excluding hydrogens is 400 g/mol. The monoisotopic (exact) mass is 422 g/mol. The van der Waals surface area contributed by atoms with Gasteiger partial charge in [-0.15, -0.1) is 0 Å². The van der Waals surface area contributed by atoms with Crippen molar-refractivity contribution < 1.29 is 24.6 Å². The van der Waals surface area contributed by atoms with Gasteiger partial charge in [0.2, 0.25) is 5.91 Å². The van der Waals surface area contributed by atoms with E-state index in [9.17, 15) is 19.5 Å². The number of hydrogen-bond donors (Lipinski definition) is 3. The van der Waals surface area contributed by atoms with Crippen LogP contribution in [0.4, 0.5) is 0 Å². The molecule has 9 heteroatoms. The Kier molecular flexibility index (Phi) is 8.01. The number of nitrogens with zero attached hydrogens (tertiary/aromatic N) is 1. The molecule has 1 fully saturated rings. The first-order valence-corrected chi connectivity index (χ1v) is 10.1. The van der Waals surface area contributed by atoms with Crippen LogP contribution in [0.2, 0.25) is 0 Å². The van der Waals surface area contributed by atoms with Gasteiger partial charge in [-0.05, 0) is 31.9 Å². The van der Waals surface area contributed by atoms with Crippen molar-refractivity contribution >= 4 is 52.2 Å². The molecule has 1 aromatic carbocycles. The van der Waals surface area contributed by atoms with Gasteiger partial charge in [-0.25, -0.2) is 0 Å². The maximum atomic E-state index is 12.7. The average molecular weight is 423 g/mol. The minimum absolute atomic E-state index is 0.0569. The van der Waals surface area contributed by atoms with Gasteiger partial charge in [-0.1, -0.05) is 48.6 Å². The number of unbranched alkanes of at least 4 members (excludes halogenated alkanes) is 2. The molecule has 3 N–H and O–H groups in total. The number of carboxylic acids is 1. The number of nitrogens with one attached hydrogen (secondary N) is 1. The molecule has 1 atom stereocenters. The Morgan fingerprint density at radius 2 is 2.00 bits per heavy atom. The smallest absolute Gasteiger partial charge is 0.303 e. The van der Waals surface area contributed by atoms with Crippen LogP contribution in [0.25, 0.3) is 6.08 Å². The number of carboxylic acid groups (broad SMARTS) is 1. The van der Waals surface area contributed by atoms with Gasteiger partial charge in [0.25, 0.3) is 5.91 Å². The first-order valence-electron chi connectivity index (χ1n) is 8.86. The van der Waals surface area contributed by atoms with E-state index in [1.54, 1.807) is 31.2 Å². The van der Waals surface area contributed by atoms with Crippen molar-refractivity contribution in [2.24, 2.45) is 0 Å². The number of amides is 2. The van der Waals surface area contributed by atoms with Crippen LogP contribution in [-0.4, -0.2) is 49.8 Å². The normalized spacial score (nSPS) is 16.5. The number of carbonyl (C=O) groups is 3. The first-order chi connectivity index (χ1) is 13.3. The first kappa shape index (κ1) is 21.9. The third-order valence-corrected chi connectivity index (χ3v) is 5.51. The lowest BCUT2D eigenvalue weighted by Crippen LogP contribution is -2.47. The van der Waals surface area contributed by atoms with Crippen molar-refractivity contribution in [2.75, 3.05) is 6.54 Å². The highest BCUT2D eigenvalue weighted by atomic mass is 32.2. The maximum Gasteiger partial charge on any atom is 0.303 e. The molecule has 150 valence electrons. The van der Waals surface area contributed by atoms with Gasteiger partial charge in [0.15, 0.2) is 0 Å². The van der Waals surface area contributed by atoms with Gasteiger partial charge < -0.3 is 15.5 Å². The number of phenolic OH excluding ortho intramolecular Hbond substituents is 1. The van der Waals surface area contributed by atoms with Crippen molar-refractivity contribution in [3.63, 3.8) is 0 Å². The van der Waals surface area contributed by atoms with Crippen molar-refractivity contribution in [2.45, 2.75) is 38.6 Å². The van der Waals surface area contributed by atoms with Gasteiger partial charge >= 0.3 is 5.97 Å². The van der Waals surface area contributed by atoms with Crippen LogP contribution in [0.5, 0.6) is 5.75 Å². The summed E-state index contributed by atoms with van der Waals surface area (Å²) >= 11 is 6.35. The minimum atomic E-state index is -0.830. The SMILES string of the molecule is CC(C(=O)NCCCCCC(=O)O)N1C(=O)/C(=C/c2ccccc2O)SC1=S. The fraction of sp³-hybridized carbons (Fsp3) is 0.368. The molecule has 0 saturated carbocycles. The average Bonchev–Trinajstić information content (AvgIpc) is 2.92. The number of rotatable bonds is 9. The Morgan fingerprint density at radius 1 is 1.29 bits per heavy atom. The molecule has 2 amide bonds. The second-order valence-electron chi connectivity index (χ2n) is 6.28. The number of aliphatic carboxylic acids is 1. The predicted octanol–water partition coefficient (Wildman–Crippen LogP) is 2.74. The summed E-state index contributed by atoms with van der Waals surface area (Å²) in [6.07, 6.45) is 3.60. The number of thioether (sulfide) groups is 1. The van der Waals surface area contributed by atoms with E-state index < -0.39 is 12.0 Å². The molecule has 1 saturated heterocycles. The van der Waals surface area contributed by atoms with E-state index in [2.05, 4.69) is 5.32 Å². The molecule has 1 aromatic rings. The Balaban J connectivity index is 1.92. The highest BCUT2D eigenvalue weighted by Crippen LogP contribution is 2.35. The summed E-state index contributed by atoms with van der Waals surface area (Å²) in [7, 11) is 0. The summed E-state index contributed by atoms with van der Waals surface area (Å²) in [5, 5.41) is 21.2. The number of aromatic hydroxyl groups is 1. The van der Waals surface area contributed by atoms with E-state index in [-0.39, 0.29) is 28.3 Å². The molecule has 7 nitrogen and oxygen atoms in total. The summed E-state index contributed by atoms with van der Waals surface area (Å²) in [5.74, 6) is -1.47. The van der Waals surface area contributed by atoms with Crippen LogP contribution >= 0.6 is 24.0 Å². The van der Waals surface area contributed by atoms with E-state index >= 15 is 0 Å². The van der Waals surface area contributed by atoms with E-state index in [1.807, 2.05) is 0 Å². The molecule has 1 aliphatic rings. The van der Waals surface area contributed by atoms with Crippen molar-refractivity contribution in [1.82, 2.24) is 10.2 Å². The summed E-state index contributed by atoms with van der Waals surface area (Å²) < 4.78 is 0.288. The molecule has 0 radical (unpaired) electrons. The Labute approximate surface area is 172 Å². The largest absolute Gasteiger partial charge is 0.507 e. The fourth-order valence-corrected chi connectivity index (χ4v) is 4.03. The molecule has 0 aromatic heterocycles. The fourth-order valence-electron chi connectivity index (χ4n) is 2.62. The Bertz CT molecular complexity index is 809. The quantitative estimate of drug-likeness (QED) is 0.319. The van der Waals surface area contributed by atoms with E-state index in [4.69, 9.17) is 17.3 Å². The third kappa shape index (κ3) is 5.80. The van der Waals surface area contributed by atoms with Crippen molar-refractivity contribution in [3.05, 3.63) is 34.7 Å². The molecule has 28 heavy (non-hydrogen) atoms. The summed E-state index contributed by atoms with van der Waals surface area (Å²) in [6, 6.07) is 5.88. The van der Waals surface area contributed by atoms with Crippen LogP contribution in [-0.2, 0) is 14.4 Å². The molecule has 0 aliphatic carbocycles. The van der Waals surface area contributed by atoms with Gasteiger partial charge in [-0.3, -0.25) is 19.3 Å². The van der Waals surface area contributed by atoms with E-state index in [1.165, 1.54) is 11.0 Å². The van der Waals surface area contributed by atoms with Gasteiger partial charge in [0.05, 0.1) is 4.91 Å². The van der Waals surface area contributed by atoms with Gasteiger partial charge in [0.1, 0.15) is 16.1 Å². The summed E-state index contributed by atoms with van der Waals surface area (Å²) in [4.78, 5) is 37.1. The number of para-hydroxylation sites is 1. The second kappa shape index (κ2) is 10.2. The minimum Gasteiger partial charge on any atom is -0.507 e. The molecule has 1 heterocycles. The van der Waals surface area contributed by atoms with Gasteiger partial charge in [-0.2, -0.15) is 0 Å². The van der Waals surface area contributed by atoms with Crippen molar-refractivity contribution in [1.29, 1.82) is 0 Å². The van der Waals surface area contributed by atoms with Crippen molar-refractivity contribution in [3.8, 4) is 5.75 Å². The van der Waals surface area contributed by atoms with Crippen LogP contribution in [0.3, 0.4) is 0 Å². The number of thiocarbonyl (C=S) groups is 1. The lowest BCUT2D eigenvalue weighted by molar-refractivity contribution is -0.137. The molecule has 0 spiro atoms. The van der Waals surface area contributed by atoms with Crippen LogP contribution in [0, 0.1) is 0 Å². The predicted molar refractivity (Wildman–Crippen MR) is 112 cm³/mol. The zero-order valence-electron chi connectivity index (χ0n) is 15.4. The number of carbonyl (C=O) groups excluding carboxylic acids is 2. The highest BCUT2D eigenvalue weighted by Gasteiger charge is 2.38. The number of benzene rings is 1. The van der Waals surface area contributed by atoms with Crippen LogP contribution in [0.1, 0.15) is 38.2 Å². The zero-order valence-corrected chi connectivity index (χ0v) is 17.0. The number of phenols is 1. The standard InChI is InChI=1S/C19H22N2O5S2/c1-12(17(25)20-10-6-2-3-9-16(23)24)21-18(26)15(28-19(21)27)11-13-7-4-5-8-14(13)22/h4-5,7-8,11-12,22H,2-3,6,9-10H2,1H3,(H,20,25)(H,23,24)/b15-11-. The lowest BCUT2D eigenvalue weighted by Gasteiger charge is -2.22. The molecule has 1 unspecified atom stereocenters. The summed E-state index contributed by atoms with van der Waals surface area (Å²) in [6.45, 7) is 2.01. The van der Waals surface area contributed by atoms with E-state index in [0.29, 0.717) is 36.3 Å². The Hall–Kier alpha value is -2.39.